The average Bonchev–Trinajstić information content (AvgIpc) is 3.15. The zero-order valence-corrected chi connectivity index (χ0v) is 16.1. The van der Waals surface area contributed by atoms with Crippen molar-refractivity contribution < 1.29 is 19.2 Å². The third-order valence-electron chi connectivity index (χ3n) is 4.35. The van der Waals surface area contributed by atoms with Crippen molar-refractivity contribution in [2.45, 2.75) is 37.8 Å². The molecule has 1 aromatic heterocycles. The SMILES string of the molecule is CCc1nnc(S/C(=C/c2cc([N+](=O)[O-])ccc2N2CCCCC2)C(=O)[O-])o1. The number of anilines is 1. The lowest BCUT2D eigenvalue weighted by molar-refractivity contribution is -0.384. The normalized spacial score (nSPS) is 14.9. The minimum Gasteiger partial charge on any atom is -0.544 e. The van der Waals surface area contributed by atoms with Crippen LogP contribution < -0.4 is 10.0 Å². The molecule has 1 fully saturated rings. The number of thioether (sulfide) groups is 1. The van der Waals surface area contributed by atoms with E-state index in [9.17, 15) is 20.0 Å². The molecule has 2 aromatic rings. The van der Waals surface area contributed by atoms with Crippen molar-refractivity contribution >= 4 is 35.2 Å². The van der Waals surface area contributed by atoms with Gasteiger partial charge < -0.3 is 19.2 Å². The molecule has 1 aromatic carbocycles. The minimum atomic E-state index is -1.42. The van der Waals surface area contributed by atoms with Crippen LogP contribution in [0.3, 0.4) is 0 Å². The number of benzene rings is 1. The van der Waals surface area contributed by atoms with E-state index in [0.717, 1.165) is 49.8 Å². The number of non-ortho nitro benzene ring substituents is 1. The molecule has 0 aliphatic carbocycles. The molecule has 10 heteroatoms. The first-order chi connectivity index (χ1) is 13.5. The van der Waals surface area contributed by atoms with E-state index in [1.54, 1.807) is 6.07 Å². The molecule has 9 nitrogen and oxygen atoms in total. The molecule has 148 valence electrons. The van der Waals surface area contributed by atoms with E-state index in [2.05, 4.69) is 15.1 Å². The maximum Gasteiger partial charge on any atom is 0.281 e. The van der Waals surface area contributed by atoms with E-state index in [-0.39, 0.29) is 15.8 Å². The van der Waals surface area contributed by atoms with Gasteiger partial charge in [0.1, 0.15) is 0 Å². The number of carboxylic acids is 1. The quantitative estimate of drug-likeness (QED) is 0.296. The number of carboxylic acid groups (broad SMARTS) is 1. The zero-order valence-electron chi connectivity index (χ0n) is 15.3. The van der Waals surface area contributed by atoms with Crippen LogP contribution in [0.1, 0.15) is 37.6 Å². The Morgan fingerprint density at radius 2 is 2.07 bits per heavy atom. The molecular formula is C18H19N4O5S-. The summed E-state index contributed by atoms with van der Waals surface area (Å²) in [6, 6.07) is 4.46. The van der Waals surface area contributed by atoms with E-state index >= 15 is 0 Å². The first-order valence-electron chi connectivity index (χ1n) is 8.94. The van der Waals surface area contributed by atoms with Gasteiger partial charge in [-0.05, 0) is 43.2 Å². The molecule has 3 rings (SSSR count). The highest BCUT2D eigenvalue weighted by Gasteiger charge is 2.18. The third kappa shape index (κ3) is 4.69. The van der Waals surface area contributed by atoms with Crippen molar-refractivity contribution in [3.05, 3.63) is 44.7 Å². The second-order valence-electron chi connectivity index (χ2n) is 6.26. The number of nitrogens with zero attached hydrogens (tertiary/aromatic N) is 4. The molecule has 28 heavy (non-hydrogen) atoms. The molecular weight excluding hydrogens is 384 g/mol. The van der Waals surface area contributed by atoms with Crippen molar-refractivity contribution in [3.63, 3.8) is 0 Å². The summed E-state index contributed by atoms with van der Waals surface area (Å²) in [5, 5.41) is 30.5. The Bertz CT molecular complexity index is 905. The monoisotopic (exact) mass is 403 g/mol. The van der Waals surface area contributed by atoms with Gasteiger partial charge in [-0.1, -0.05) is 6.92 Å². The molecule has 0 saturated carbocycles. The summed E-state index contributed by atoms with van der Waals surface area (Å²) in [4.78, 5) is 24.3. The molecule has 2 heterocycles. The molecule has 0 unspecified atom stereocenters. The van der Waals surface area contributed by atoms with Gasteiger partial charge in [-0.2, -0.15) is 0 Å². The number of carbonyl (C=O) groups is 1. The molecule has 0 radical (unpaired) electrons. The number of rotatable bonds is 7. The molecule has 0 atom stereocenters. The number of carbonyl (C=O) groups excluding carboxylic acids is 1. The predicted octanol–water partition coefficient (Wildman–Crippen LogP) is 2.41. The predicted molar refractivity (Wildman–Crippen MR) is 102 cm³/mol. The van der Waals surface area contributed by atoms with Crippen molar-refractivity contribution in [1.29, 1.82) is 0 Å². The number of hydrogen-bond acceptors (Lipinski definition) is 9. The summed E-state index contributed by atoms with van der Waals surface area (Å²) < 4.78 is 5.35. The number of hydrogen-bond donors (Lipinski definition) is 0. The Labute approximate surface area is 165 Å². The van der Waals surface area contributed by atoms with Gasteiger partial charge in [0.05, 0.1) is 10.9 Å². The summed E-state index contributed by atoms with van der Waals surface area (Å²) in [6.07, 6.45) is 5.06. The Balaban J connectivity index is 1.99. The number of piperidine rings is 1. The smallest absolute Gasteiger partial charge is 0.281 e. The fourth-order valence-electron chi connectivity index (χ4n) is 2.98. The fraction of sp³-hybridized carbons (Fsp3) is 0.389. The van der Waals surface area contributed by atoms with Crippen molar-refractivity contribution in [2.24, 2.45) is 0 Å². The lowest BCUT2D eigenvalue weighted by Gasteiger charge is -2.30. The summed E-state index contributed by atoms with van der Waals surface area (Å²) in [7, 11) is 0. The van der Waals surface area contributed by atoms with Gasteiger partial charge in [-0.15, -0.1) is 10.2 Å². The highest BCUT2D eigenvalue weighted by atomic mass is 32.2. The van der Waals surface area contributed by atoms with Gasteiger partial charge >= 0.3 is 0 Å². The first-order valence-corrected chi connectivity index (χ1v) is 9.76. The Hall–Kier alpha value is -2.88. The van der Waals surface area contributed by atoms with E-state index in [0.29, 0.717) is 17.9 Å². The highest BCUT2D eigenvalue weighted by molar-refractivity contribution is 8.03. The molecule has 1 aliphatic rings. The number of aryl methyl sites for hydroxylation is 1. The van der Waals surface area contributed by atoms with Gasteiger partial charge in [0, 0.05) is 47.8 Å². The fourth-order valence-corrected chi connectivity index (χ4v) is 3.66. The van der Waals surface area contributed by atoms with Gasteiger partial charge in [0.25, 0.3) is 10.9 Å². The van der Waals surface area contributed by atoms with E-state index in [1.165, 1.54) is 18.2 Å². The van der Waals surface area contributed by atoms with Crippen LogP contribution in [0.4, 0.5) is 11.4 Å². The Kier molecular flexibility index (Phi) is 6.30. The van der Waals surface area contributed by atoms with Crippen LogP contribution in [0.5, 0.6) is 0 Å². The molecule has 0 N–H and O–H groups in total. The second-order valence-corrected chi connectivity index (χ2v) is 7.25. The van der Waals surface area contributed by atoms with Crippen molar-refractivity contribution in [1.82, 2.24) is 10.2 Å². The third-order valence-corrected chi connectivity index (χ3v) is 5.20. The average molecular weight is 403 g/mol. The maximum absolute atomic E-state index is 11.7. The molecule has 1 saturated heterocycles. The van der Waals surface area contributed by atoms with E-state index in [1.807, 2.05) is 6.92 Å². The van der Waals surface area contributed by atoms with Crippen LogP contribution in [0.25, 0.3) is 6.08 Å². The zero-order chi connectivity index (χ0) is 20.1. The topological polar surface area (TPSA) is 125 Å². The lowest BCUT2D eigenvalue weighted by atomic mass is 10.1. The second kappa shape index (κ2) is 8.87. The number of nitro benzene ring substituents is 1. The standard InChI is InChI=1S/C18H20N4O5S/c1-2-16-19-20-18(27-16)28-15(17(23)24)11-12-10-13(22(25)26)6-7-14(12)21-8-4-3-5-9-21/h6-7,10-11H,2-5,8-9H2,1H3,(H,23,24)/p-1/b15-11+. The van der Waals surface area contributed by atoms with Crippen LogP contribution in [-0.4, -0.2) is 34.2 Å². The van der Waals surface area contributed by atoms with Gasteiger partial charge in [-0.3, -0.25) is 10.1 Å². The van der Waals surface area contributed by atoms with Crippen LogP contribution in [-0.2, 0) is 11.2 Å². The van der Waals surface area contributed by atoms with Crippen LogP contribution >= 0.6 is 11.8 Å². The Morgan fingerprint density at radius 1 is 1.32 bits per heavy atom. The first kappa shape index (κ1) is 19.9. The molecule has 0 spiro atoms. The molecule has 1 aliphatic heterocycles. The van der Waals surface area contributed by atoms with Crippen molar-refractivity contribution in [3.8, 4) is 0 Å². The van der Waals surface area contributed by atoms with Crippen molar-refractivity contribution in [2.75, 3.05) is 18.0 Å². The van der Waals surface area contributed by atoms with E-state index < -0.39 is 10.9 Å². The van der Waals surface area contributed by atoms with Gasteiger partial charge in [0.15, 0.2) is 0 Å². The minimum absolute atomic E-state index is 0.0808. The number of aromatic nitrogens is 2. The number of aliphatic carboxylic acids is 1. The van der Waals surface area contributed by atoms with Crippen LogP contribution in [0.2, 0.25) is 0 Å². The summed E-state index contributed by atoms with van der Waals surface area (Å²) in [5.41, 5.74) is 1.09. The largest absolute Gasteiger partial charge is 0.544 e. The van der Waals surface area contributed by atoms with Gasteiger partial charge in [-0.25, -0.2) is 0 Å². The molecule has 0 bridgehead atoms. The van der Waals surface area contributed by atoms with Gasteiger partial charge in [0.2, 0.25) is 5.89 Å². The maximum atomic E-state index is 11.7. The van der Waals surface area contributed by atoms with Crippen LogP contribution in [0, 0.1) is 10.1 Å². The van der Waals surface area contributed by atoms with E-state index in [4.69, 9.17) is 4.42 Å². The Morgan fingerprint density at radius 3 is 2.68 bits per heavy atom. The lowest BCUT2D eigenvalue weighted by Crippen LogP contribution is -2.30. The summed E-state index contributed by atoms with van der Waals surface area (Å²) in [6.45, 7) is 3.47. The summed E-state index contributed by atoms with van der Waals surface area (Å²) >= 11 is 0.768. The molecule has 0 amide bonds. The number of nitro groups is 1. The van der Waals surface area contributed by atoms with Crippen LogP contribution in [0.15, 0.2) is 32.7 Å². The summed E-state index contributed by atoms with van der Waals surface area (Å²) in [5.74, 6) is -1.03. The highest BCUT2D eigenvalue weighted by Crippen LogP contribution is 2.33.